The highest BCUT2D eigenvalue weighted by molar-refractivity contribution is 6.06. The fourth-order valence-corrected chi connectivity index (χ4v) is 3.70. The maximum atomic E-state index is 12.5. The Bertz CT molecular complexity index is 1410. The number of nitrogens with zero attached hydrogens (tertiary/aromatic N) is 2. The zero-order chi connectivity index (χ0) is 24.6. The van der Waals surface area contributed by atoms with Gasteiger partial charge in [0, 0.05) is 52.2 Å². The third kappa shape index (κ3) is 5.75. The fraction of sp³-hybridized carbons (Fsp3) is 0.107. The van der Waals surface area contributed by atoms with Gasteiger partial charge in [0.25, 0.3) is 5.91 Å². The predicted octanol–water partition coefficient (Wildman–Crippen LogP) is 5.47. The van der Waals surface area contributed by atoms with Crippen molar-refractivity contribution >= 4 is 40.2 Å². The molecular formula is C28H24N4O3. The van der Waals surface area contributed by atoms with Crippen molar-refractivity contribution < 1.29 is 14.3 Å². The summed E-state index contributed by atoms with van der Waals surface area (Å²) >= 11 is 0. The van der Waals surface area contributed by atoms with E-state index in [4.69, 9.17) is 10.00 Å². The van der Waals surface area contributed by atoms with Crippen LogP contribution in [0.2, 0.25) is 0 Å². The minimum Gasteiger partial charge on any atom is -0.497 e. The van der Waals surface area contributed by atoms with Gasteiger partial charge < -0.3 is 19.9 Å². The Labute approximate surface area is 203 Å². The molecule has 7 heteroatoms. The van der Waals surface area contributed by atoms with Crippen LogP contribution in [0.3, 0.4) is 0 Å². The number of carbonyl (C=O) groups excluding carboxylic acids is 2. The molecule has 7 nitrogen and oxygen atoms in total. The molecule has 0 saturated heterocycles. The first kappa shape index (κ1) is 23.3. The summed E-state index contributed by atoms with van der Waals surface area (Å²) in [6.07, 6.45) is 5.59. The summed E-state index contributed by atoms with van der Waals surface area (Å²) in [5.41, 5.74) is 3.63. The molecule has 2 N–H and O–H groups in total. The number of ether oxygens (including phenoxy) is 1. The lowest BCUT2D eigenvalue weighted by atomic mass is 10.1. The molecule has 0 atom stereocenters. The first-order valence-corrected chi connectivity index (χ1v) is 11.1. The van der Waals surface area contributed by atoms with Crippen molar-refractivity contribution in [1.29, 1.82) is 5.26 Å². The van der Waals surface area contributed by atoms with E-state index in [2.05, 4.69) is 16.7 Å². The van der Waals surface area contributed by atoms with E-state index < -0.39 is 0 Å². The Balaban J connectivity index is 1.39. The van der Waals surface area contributed by atoms with Gasteiger partial charge in [-0.15, -0.1) is 0 Å². The summed E-state index contributed by atoms with van der Waals surface area (Å²) in [6.45, 7) is 0.593. The van der Waals surface area contributed by atoms with E-state index in [0.717, 1.165) is 16.5 Å². The Kier molecular flexibility index (Phi) is 7.24. The highest BCUT2D eigenvalue weighted by atomic mass is 16.5. The summed E-state index contributed by atoms with van der Waals surface area (Å²) in [7, 11) is 1.58. The quantitative estimate of drug-likeness (QED) is 0.338. The number of carbonyl (C=O) groups is 2. The van der Waals surface area contributed by atoms with Gasteiger partial charge >= 0.3 is 0 Å². The predicted molar refractivity (Wildman–Crippen MR) is 137 cm³/mol. The van der Waals surface area contributed by atoms with Crippen LogP contribution in [0.4, 0.5) is 11.4 Å². The Morgan fingerprint density at radius 2 is 1.66 bits per heavy atom. The summed E-state index contributed by atoms with van der Waals surface area (Å²) in [4.78, 5) is 25.0. The molecule has 0 aliphatic rings. The van der Waals surface area contributed by atoms with Crippen LogP contribution in [0.25, 0.3) is 17.0 Å². The minimum atomic E-state index is -0.283. The van der Waals surface area contributed by atoms with Gasteiger partial charge in [-0.25, -0.2) is 0 Å². The van der Waals surface area contributed by atoms with Gasteiger partial charge in [-0.1, -0.05) is 18.2 Å². The van der Waals surface area contributed by atoms with Crippen LogP contribution in [0.15, 0.2) is 85.1 Å². The summed E-state index contributed by atoms with van der Waals surface area (Å²) in [5, 5.41) is 15.5. The van der Waals surface area contributed by atoms with E-state index in [1.54, 1.807) is 61.7 Å². The first-order chi connectivity index (χ1) is 17.1. The number of rotatable bonds is 8. The number of amides is 2. The number of aromatic nitrogens is 1. The van der Waals surface area contributed by atoms with Crippen LogP contribution in [0.5, 0.6) is 5.75 Å². The normalized spacial score (nSPS) is 10.7. The zero-order valence-electron chi connectivity index (χ0n) is 19.2. The number of aryl methyl sites for hydroxylation is 1. The second-order valence-electron chi connectivity index (χ2n) is 7.79. The average molecular weight is 465 g/mol. The smallest absolute Gasteiger partial charge is 0.255 e. The molecule has 0 aliphatic heterocycles. The molecular weight excluding hydrogens is 440 g/mol. The lowest BCUT2D eigenvalue weighted by Gasteiger charge is -2.07. The third-order valence-corrected chi connectivity index (χ3v) is 5.46. The monoisotopic (exact) mass is 464 g/mol. The standard InChI is InChI=1S/C28H24N4O3/c1-35-24-14-12-23(13-15-24)31-28(34)20-7-10-22(11-8-20)30-27(33)16-9-21-19-32(18-4-17-29)26-6-3-2-5-25(21)26/h2-3,5-16,19H,4,18H2,1H3,(H,30,33)(H,31,34)/b16-9+. The number of benzene rings is 3. The topological polar surface area (TPSA) is 96.2 Å². The van der Waals surface area contributed by atoms with Gasteiger partial charge in [0.15, 0.2) is 0 Å². The molecule has 4 aromatic rings. The van der Waals surface area contributed by atoms with E-state index in [1.807, 2.05) is 35.0 Å². The van der Waals surface area contributed by atoms with Crippen LogP contribution >= 0.6 is 0 Å². The minimum absolute atomic E-state index is 0.249. The number of para-hydroxylation sites is 1. The number of nitriles is 1. The molecule has 0 radical (unpaired) electrons. The zero-order valence-corrected chi connectivity index (χ0v) is 19.2. The number of nitrogens with one attached hydrogen (secondary N) is 2. The summed E-state index contributed by atoms with van der Waals surface area (Å²) in [5.74, 6) is 0.178. The van der Waals surface area contributed by atoms with Crippen molar-refractivity contribution in [3.63, 3.8) is 0 Å². The molecule has 0 saturated carbocycles. The molecule has 35 heavy (non-hydrogen) atoms. The van der Waals surface area contributed by atoms with E-state index in [0.29, 0.717) is 35.7 Å². The second-order valence-corrected chi connectivity index (χ2v) is 7.79. The largest absolute Gasteiger partial charge is 0.497 e. The molecule has 0 fully saturated rings. The highest BCUT2D eigenvalue weighted by Gasteiger charge is 2.08. The molecule has 2 amide bonds. The van der Waals surface area contributed by atoms with Gasteiger partial charge in [0.05, 0.1) is 19.6 Å². The van der Waals surface area contributed by atoms with Crippen LogP contribution < -0.4 is 15.4 Å². The number of hydrogen-bond acceptors (Lipinski definition) is 4. The number of anilines is 2. The van der Waals surface area contributed by atoms with Crippen molar-refractivity contribution in [2.24, 2.45) is 0 Å². The lowest BCUT2D eigenvalue weighted by Crippen LogP contribution is -2.12. The van der Waals surface area contributed by atoms with Gasteiger partial charge in [-0.05, 0) is 60.7 Å². The van der Waals surface area contributed by atoms with E-state index in [-0.39, 0.29) is 11.8 Å². The SMILES string of the molecule is COc1ccc(NC(=O)c2ccc(NC(=O)/C=C/c3cn(CCC#N)c4ccccc34)cc2)cc1. The van der Waals surface area contributed by atoms with E-state index in [9.17, 15) is 9.59 Å². The van der Waals surface area contributed by atoms with Crippen LogP contribution in [0.1, 0.15) is 22.3 Å². The van der Waals surface area contributed by atoms with Gasteiger partial charge in [-0.2, -0.15) is 5.26 Å². The molecule has 3 aromatic carbocycles. The van der Waals surface area contributed by atoms with E-state index in [1.165, 1.54) is 6.08 Å². The Hall–Kier alpha value is -4.83. The van der Waals surface area contributed by atoms with Crippen molar-refractivity contribution in [3.05, 3.63) is 96.2 Å². The maximum absolute atomic E-state index is 12.5. The van der Waals surface area contributed by atoms with Crippen molar-refractivity contribution in [3.8, 4) is 11.8 Å². The molecule has 0 aliphatic carbocycles. The molecule has 0 unspecified atom stereocenters. The molecule has 4 rings (SSSR count). The number of methoxy groups -OCH3 is 1. The van der Waals surface area contributed by atoms with Gasteiger partial charge in [0.2, 0.25) is 5.91 Å². The summed E-state index contributed by atoms with van der Waals surface area (Å²) < 4.78 is 7.14. The number of hydrogen-bond donors (Lipinski definition) is 2. The van der Waals surface area contributed by atoms with Gasteiger partial charge in [0.1, 0.15) is 5.75 Å². The first-order valence-electron chi connectivity index (χ1n) is 11.1. The lowest BCUT2D eigenvalue weighted by molar-refractivity contribution is -0.111. The van der Waals surface area contributed by atoms with Crippen LogP contribution in [-0.4, -0.2) is 23.5 Å². The summed E-state index contributed by atoms with van der Waals surface area (Å²) in [6, 6.07) is 23.8. The molecule has 174 valence electrons. The van der Waals surface area contributed by atoms with Crippen LogP contribution in [-0.2, 0) is 11.3 Å². The highest BCUT2D eigenvalue weighted by Crippen LogP contribution is 2.23. The Morgan fingerprint density at radius 1 is 0.971 bits per heavy atom. The molecule has 0 spiro atoms. The van der Waals surface area contributed by atoms with Crippen molar-refractivity contribution in [1.82, 2.24) is 4.57 Å². The van der Waals surface area contributed by atoms with E-state index >= 15 is 0 Å². The van der Waals surface area contributed by atoms with Crippen LogP contribution in [0, 0.1) is 11.3 Å². The molecule has 0 bridgehead atoms. The maximum Gasteiger partial charge on any atom is 0.255 e. The van der Waals surface area contributed by atoms with Crippen molar-refractivity contribution in [2.45, 2.75) is 13.0 Å². The Morgan fingerprint density at radius 3 is 2.37 bits per heavy atom. The molecule has 1 heterocycles. The molecule has 1 aromatic heterocycles. The second kappa shape index (κ2) is 10.9. The van der Waals surface area contributed by atoms with Gasteiger partial charge in [-0.3, -0.25) is 9.59 Å². The third-order valence-electron chi connectivity index (χ3n) is 5.46. The average Bonchev–Trinajstić information content (AvgIpc) is 3.24. The fourth-order valence-electron chi connectivity index (χ4n) is 3.70. The number of fused-ring (bicyclic) bond motifs is 1. The van der Waals surface area contributed by atoms with Crippen molar-refractivity contribution in [2.75, 3.05) is 17.7 Å².